The highest BCUT2D eigenvalue weighted by atomic mass is 15.2. The SMILES string of the molecule is CN1CC23c4c5c6c7c8c9c%10c6c6c%11c%12c%13c%14c%15c%16c(c9c9c%17c8c(c8c%18c2c2c%19c%20c%21c(c%22c%13c%13c%23c%24c%25c(c%19c%18c%18c8c%17c8c9c%16c(c%13%15)c%24c8c%25%18)C%208CN(C)CC%22%238)c%12c(c56)c%21c42)C73C1)C%101CN(C)CC%11%141. The van der Waals surface area contributed by atoms with Crippen molar-refractivity contribution < 1.29 is 0 Å². The van der Waals surface area contributed by atoms with Crippen molar-refractivity contribution in [1.29, 1.82) is 0 Å². The molecule has 312 valence electrons. The Labute approximate surface area is 398 Å². The van der Waals surface area contributed by atoms with Crippen LogP contribution in [0.25, 0.3) is 226 Å². The monoisotopic (exact) mass is 891 g/mol. The van der Waals surface area contributed by atoms with Crippen LogP contribution in [0.5, 0.6) is 0 Å². The standard InChI is InChI=1S/C69H21N3/c1-70-4-64-54-28-17-11-10-12-19-14(17)23-34-30(19)52-32-21(12)22-13(10)20-15-18(11)29(28)55-39-24(15)35-31(20)53-33(22)45-44(32)62-50-42-27-16-25-36(60(64)46(38(23)54)48-40(25)56(42)66(58(34)48)6-71(2)8-68(52,62)66)37-26(16)41-49(47(39)61(37)65(55,64)5-70)59(35)67-7-72(3)9-69(53,67)63(45)51(50)43(27)57(41)67/h4-9H2,1-3H3. The van der Waals surface area contributed by atoms with Gasteiger partial charge in [0.1, 0.15) is 0 Å². The molecule has 0 aromatic heterocycles. The Morgan fingerprint density at radius 2 is 0.236 bits per heavy atom. The van der Waals surface area contributed by atoms with Crippen LogP contribution in [0.2, 0.25) is 0 Å². The number of hydrogen-bond donors (Lipinski definition) is 0. The maximum absolute atomic E-state index is 2.91. The lowest BCUT2D eigenvalue weighted by molar-refractivity contribution is 0.394. The summed E-state index contributed by atoms with van der Waals surface area (Å²) < 4.78 is 0. The molecule has 3 heterocycles. The second kappa shape index (κ2) is 5.95. The van der Waals surface area contributed by atoms with E-state index >= 15 is 0 Å². The minimum absolute atomic E-state index is 0.122. The van der Waals surface area contributed by atoms with Crippen molar-refractivity contribution in [3.05, 3.63) is 66.8 Å². The van der Waals surface area contributed by atoms with Crippen LogP contribution in [-0.4, -0.2) is 75.1 Å². The number of nitrogens with zero attached hydrogens (tertiary/aromatic N) is 3. The summed E-state index contributed by atoms with van der Waals surface area (Å²) in [6.45, 7) is 6.81. The van der Waals surface area contributed by atoms with Crippen LogP contribution in [0.15, 0.2) is 0 Å². The van der Waals surface area contributed by atoms with Crippen LogP contribution in [0.3, 0.4) is 0 Å². The quantitative estimate of drug-likeness (QED) is 0.140. The van der Waals surface area contributed by atoms with Gasteiger partial charge < -0.3 is 14.7 Å². The molecule has 3 aliphatic heterocycles. The van der Waals surface area contributed by atoms with Crippen molar-refractivity contribution in [2.45, 2.75) is 32.5 Å². The third-order valence-corrected chi connectivity index (χ3v) is 29.1. The van der Waals surface area contributed by atoms with Gasteiger partial charge in [0, 0.05) is 39.3 Å². The Bertz CT molecular complexity index is 6690. The smallest absolute Gasteiger partial charge is 0.0505 e. The van der Waals surface area contributed by atoms with Gasteiger partial charge in [0.05, 0.1) is 32.5 Å². The van der Waals surface area contributed by atoms with Crippen molar-refractivity contribution in [2.24, 2.45) is 0 Å². The molecular formula is C69H21N3. The second-order valence-corrected chi connectivity index (χ2v) is 29.2. The van der Waals surface area contributed by atoms with E-state index in [9.17, 15) is 0 Å². The number of likely N-dealkylation sites (N-methyl/N-ethyl adjacent to an activating group) is 3. The van der Waals surface area contributed by atoms with E-state index in [2.05, 4.69) is 35.8 Å². The van der Waals surface area contributed by atoms with Gasteiger partial charge in [-0.25, -0.2) is 0 Å². The topological polar surface area (TPSA) is 9.72 Å². The van der Waals surface area contributed by atoms with Crippen LogP contribution >= 0.6 is 0 Å². The van der Waals surface area contributed by atoms with Gasteiger partial charge in [-0.05, 0) is 314 Å². The Morgan fingerprint density at radius 1 is 0.153 bits per heavy atom. The minimum Gasteiger partial charge on any atom is -0.304 e. The van der Waals surface area contributed by atoms with Gasteiger partial charge in [-0.2, -0.15) is 0 Å². The zero-order chi connectivity index (χ0) is 43.2. The molecule has 0 bridgehead atoms. The largest absolute Gasteiger partial charge is 0.304 e. The molecule has 0 amide bonds. The molecule has 0 saturated carbocycles. The number of hydrogen-bond acceptors (Lipinski definition) is 3. The number of benzene rings is 14. The van der Waals surface area contributed by atoms with Crippen LogP contribution in [0, 0.1) is 0 Å². The van der Waals surface area contributed by atoms with E-state index in [-0.39, 0.29) is 32.5 Å². The van der Waals surface area contributed by atoms with Gasteiger partial charge in [-0.15, -0.1) is 0 Å². The fourth-order valence-corrected chi connectivity index (χ4v) is 30.0. The van der Waals surface area contributed by atoms with Crippen LogP contribution < -0.4 is 0 Å². The second-order valence-electron chi connectivity index (χ2n) is 29.2. The molecule has 20 aromatic carbocycles. The van der Waals surface area contributed by atoms with E-state index in [0.717, 1.165) is 39.3 Å². The van der Waals surface area contributed by atoms with E-state index in [1.165, 1.54) is 0 Å². The molecule has 0 radical (unpaired) electrons. The van der Waals surface area contributed by atoms with Crippen molar-refractivity contribution in [1.82, 2.24) is 14.7 Å². The fraction of sp³-hybridized carbons (Fsp3) is 0.217. The molecule has 3 heteroatoms. The molecule has 35 rings (SSSR count). The zero-order valence-electron chi connectivity index (χ0n) is 38.6. The van der Waals surface area contributed by atoms with E-state index in [1.807, 2.05) is 66.8 Å². The molecule has 6 spiro atoms. The summed E-state index contributed by atoms with van der Waals surface area (Å²) >= 11 is 0. The molecule has 12 aliphatic carbocycles. The lowest BCUT2D eigenvalue weighted by atomic mass is 9.49. The van der Waals surface area contributed by atoms with Crippen molar-refractivity contribution in [2.75, 3.05) is 60.4 Å². The van der Waals surface area contributed by atoms with Gasteiger partial charge >= 0.3 is 0 Å². The highest BCUT2D eigenvalue weighted by Gasteiger charge is 2.80. The summed E-state index contributed by atoms with van der Waals surface area (Å²) in [4.78, 5) is 8.73. The molecular weight excluding hydrogens is 871 g/mol. The highest BCUT2D eigenvalue weighted by Crippen LogP contribution is 2.90. The van der Waals surface area contributed by atoms with Crippen molar-refractivity contribution in [3.8, 4) is 0 Å². The molecule has 15 aliphatic rings. The molecule has 3 nitrogen and oxygen atoms in total. The average molecular weight is 892 g/mol. The Balaban J connectivity index is 1.18. The first-order chi connectivity index (χ1) is 35.5. The van der Waals surface area contributed by atoms with E-state index < -0.39 is 0 Å². The lowest BCUT2D eigenvalue weighted by Gasteiger charge is -2.51. The third kappa shape index (κ3) is 1.35. The average Bonchev–Trinajstić information content (AvgIpc) is 4.30. The summed E-state index contributed by atoms with van der Waals surface area (Å²) in [5, 5.41) is 73.8. The Hall–Kier alpha value is -7.14. The first kappa shape index (κ1) is 27.6. The van der Waals surface area contributed by atoms with E-state index in [4.69, 9.17) is 0 Å². The molecule has 3 saturated heterocycles. The summed E-state index contributed by atoms with van der Waals surface area (Å²) in [7, 11) is 7.71. The Kier molecular flexibility index (Phi) is 2.28. The predicted molar refractivity (Wildman–Crippen MR) is 293 cm³/mol. The van der Waals surface area contributed by atoms with Gasteiger partial charge in [-0.3, -0.25) is 0 Å². The van der Waals surface area contributed by atoms with E-state index in [0.29, 0.717) is 0 Å². The van der Waals surface area contributed by atoms with E-state index in [1.54, 1.807) is 226 Å². The zero-order valence-corrected chi connectivity index (χ0v) is 38.6. The summed E-state index contributed by atoms with van der Waals surface area (Å²) in [5.41, 5.74) is 21.4. The first-order valence-electron chi connectivity index (χ1n) is 27.9. The maximum Gasteiger partial charge on any atom is 0.0505 e. The normalized spacial score (nSPS) is 33.9. The van der Waals surface area contributed by atoms with Crippen molar-refractivity contribution >= 4 is 226 Å². The van der Waals surface area contributed by atoms with Crippen LogP contribution in [0.1, 0.15) is 66.8 Å². The lowest BCUT2D eigenvalue weighted by Crippen LogP contribution is -2.51. The summed E-state index contributed by atoms with van der Waals surface area (Å²) in [6.07, 6.45) is 0. The van der Waals surface area contributed by atoms with Crippen LogP contribution in [-0.2, 0) is 32.5 Å². The Morgan fingerprint density at radius 3 is 0.361 bits per heavy atom. The minimum atomic E-state index is -0.123. The number of rotatable bonds is 0. The predicted octanol–water partition coefficient (Wildman–Crippen LogP) is 13.3. The molecule has 0 N–H and O–H groups in total. The van der Waals surface area contributed by atoms with Gasteiger partial charge in [-0.1, -0.05) is 0 Å². The molecule has 3 fully saturated rings. The molecule has 20 aromatic rings. The maximum atomic E-state index is 2.91. The van der Waals surface area contributed by atoms with Crippen molar-refractivity contribution in [3.63, 3.8) is 0 Å². The summed E-state index contributed by atoms with van der Waals surface area (Å²) in [6, 6.07) is 0. The number of likely N-dealkylation sites (tertiary alicyclic amines) is 3. The molecule has 6 unspecified atom stereocenters. The fourth-order valence-electron chi connectivity index (χ4n) is 30.0. The molecule has 6 atom stereocenters. The van der Waals surface area contributed by atoms with Gasteiger partial charge in [0.15, 0.2) is 0 Å². The van der Waals surface area contributed by atoms with Crippen LogP contribution in [0.4, 0.5) is 0 Å². The van der Waals surface area contributed by atoms with Gasteiger partial charge in [0.25, 0.3) is 0 Å². The highest BCUT2D eigenvalue weighted by molar-refractivity contribution is 6.72. The molecule has 72 heavy (non-hydrogen) atoms. The first-order valence-corrected chi connectivity index (χ1v) is 27.9. The summed E-state index contributed by atoms with van der Waals surface area (Å²) in [5.74, 6) is 0. The van der Waals surface area contributed by atoms with Gasteiger partial charge in [0.2, 0.25) is 0 Å². The third-order valence-electron chi connectivity index (χ3n) is 29.1.